The van der Waals surface area contributed by atoms with Gasteiger partial charge in [0.05, 0.1) is 6.21 Å². The molecule has 0 bridgehead atoms. The van der Waals surface area contributed by atoms with E-state index in [4.69, 9.17) is 18.0 Å². The summed E-state index contributed by atoms with van der Waals surface area (Å²) in [5, 5.41) is 4.18. The highest BCUT2D eigenvalue weighted by Gasteiger charge is 2.33. The minimum atomic E-state index is 0.175. The first-order valence-electron chi connectivity index (χ1n) is 6.77. The van der Waals surface area contributed by atoms with E-state index in [0.717, 1.165) is 12.0 Å². The van der Waals surface area contributed by atoms with E-state index in [1.54, 1.807) is 6.21 Å². The van der Waals surface area contributed by atoms with Gasteiger partial charge in [-0.15, -0.1) is 0 Å². The average molecular weight is 290 g/mol. The van der Waals surface area contributed by atoms with Gasteiger partial charge in [0, 0.05) is 18.3 Å². The average Bonchev–Trinajstić information content (AvgIpc) is 2.35. The van der Waals surface area contributed by atoms with E-state index in [1.807, 2.05) is 0 Å². The molecule has 4 nitrogen and oxygen atoms in total. The Bertz CT molecular complexity index is 551. The Kier molecular flexibility index (Phi) is 3.99. The van der Waals surface area contributed by atoms with Crippen LogP contribution < -0.4 is 16.1 Å². The van der Waals surface area contributed by atoms with Crippen molar-refractivity contribution < 1.29 is 0 Å². The maximum absolute atomic E-state index is 5.34. The lowest BCUT2D eigenvalue weighted by atomic mass is 9.80. The molecule has 1 aliphatic heterocycles. The van der Waals surface area contributed by atoms with Gasteiger partial charge in [-0.05, 0) is 61.7 Å². The quantitative estimate of drug-likeness (QED) is 0.499. The summed E-state index contributed by atoms with van der Waals surface area (Å²) in [6.07, 6.45) is 2.88. The van der Waals surface area contributed by atoms with Crippen molar-refractivity contribution in [2.24, 2.45) is 10.8 Å². The fraction of sp³-hybridized carbons (Fsp3) is 0.467. The molecular weight excluding hydrogens is 268 g/mol. The molecule has 2 rings (SSSR count). The van der Waals surface area contributed by atoms with Crippen LogP contribution in [0.3, 0.4) is 0 Å². The fourth-order valence-electron chi connectivity index (χ4n) is 2.85. The van der Waals surface area contributed by atoms with Gasteiger partial charge in [0.1, 0.15) is 0 Å². The van der Waals surface area contributed by atoms with Gasteiger partial charge in [0.2, 0.25) is 0 Å². The van der Waals surface area contributed by atoms with Crippen LogP contribution in [0.4, 0.5) is 5.69 Å². The Balaban J connectivity index is 2.30. The summed E-state index contributed by atoms with van der Waals surface area (Å²) in [4.78, 5) is 2.36. The molecule has 108 valence electrons. The summed E-state index contributed by atoms with van der Waals surface area (Å²) in [7, 11) is 2.16. The second-order valence-electron chi connectivity index (χ2n) is 6.03. The Hall–Kier alpha value is -1.62. The van der Waals surface area contributed by atoms with Crippen LogP contribution >= 0.6 is 12.2 Å². The summed E-state index contributed by atoms with van der Waals surface area (Å²) in [6.45, 7) is 6.85. The SMILES string of the molecule is CC1CC(C)(C)N(C)c2ccc(/C=N\NC(N)=S)cc21. The predicted molar refractivity (Wildman–Crippen MR) is 89.5 cm³/mol. The van der Waals surface area contributed by atoms with Crippen LogP contribution in [0, 0.1) is 0 Å². The second-order valence-corrected chi connectivity index (χ2v) is 6.47. The van der Waals surface area contributed by atoms with Crippen molar-refractivity contribution in [2.45, 2.75) is 38.6 Å². The molecule has 0 radical (unpaired) electrons. The van der Waals surface area contributed by atoms with Crippen molar-refractivity contribution in [1.29, 1.82) is 0 Å². The molecule has 0 aliphatic carbocycles. The molecule has 0 fully saturated rings. The zero-order valence-electron chi connectivity index (χ0n) is 12.5. The number of nitrogens with two attached hydrogens (primary N) is 1. The first-order chi connectivity index (χ1) is 9.31. The number of hydrogen-bond acceptors (Lipinski definition) is 3. The predicted octanol–water partition coefficient (Wildman–Crippen LogP) is 2.58. The van der Waals surface area contributed by atoms with E-state index >= 15 is 0 Å². The third kappa shape index (κ3) is 2.93. The van der Waals surface area contributed by atoms with Gasteiger partial charge in [0.25, 0.3) is 0 Å². The molecule has 1 unspecified atom stereocenters. The van der Waals surface area contributed by atoms with Gasteiger partial charge in [0.15, 0.2) is 5.11 Å². The van der Waals surface area contributed by atoms with E-state index in [1.165, 1.54) is 11.3 Å². The van der Waals surface area contributed by atoms with E-state index in [-0.39, 0.29) is 10.7 Å². The van der Waals surface area contributed by atoms with Gasteiger partial charge in [-0.1, -0.05) is 13.0 Å². The fourth-order valence-corrected chi connectivity index (χ4v) is 2.90. The smallest absolute Gasteiger partial charge is 0.184 e. The topological polar surface area (TPSA) is 53.6 Å². The molecule has 1 heterocycles. The van der Waals surface area contributed by atoms with Crippen molar-refractivity contribution in [2.75, 3.05) is 11.9 Å². The molecule has 1 atom stereocenters. The minimum Gasteiger partial charge on any atom is -0.375 e. The molecule has 1 aliphatic rings. The largest absolute Gasteiger partial charge is 0.375 e. The zero-order valence-corrected chi connectivity index (χ0v) is 13.3. The normalized spacial score (nSPS) is 20.8. The summed E-state index contributed by atoms with van der Waals surface area (Å²) >= 11 is 4.71. The van der Waals surface area contributed by atoms with Crippen LogP contribution in [0.5, 0.6) is 0 Å². The van der Waals surface area contributed by atoms with Crippen molar-refractivity contribution >= 4 is 29.2 Å². The van der Waals surface area contributed by atoms with Gasteiger partial charge < -0.3 is 10.6 Å². The molecule has 0 saturated carbocycles. The summed E-state index contributed by atoms with van der Waals surface area (Å²) in [5.74, 6) is 0.535. The zero-order chi connectivity index (χ0) is 14.9. The molecule has 5 heteroatoms. The molecule has 0 amide bonds. The molecule has 0 saturated heterocycles. The molecule has 20 heavy (non-hydrogen) atoms. The highest BCUT2D eigenvalue weighted by atomic mass is 32.1. The Morgan fingerprint density at radius 3 is 2.90 bits per heavy atom. The maximum atomic E-state index is 5.34. The Morgan fingerprint density at radius 1 is 1.55 bits per heavy atom. The lowest BCUT2D eigenvalue weighted by Crippen LogP contribution is -2.45. The highest BCUT2D eigenvalue weighted by Crippen LogP contribution is 2.42. The maximum Gasteiger partial charge on any atom is 0.184 e. The molecule has 0 aromatic heterocycles. The van der Waals surface area contributed by atoms with Crippen LogP contribution in [0.1, 0.15) is 44.2 Å². The van der Waals surface area contributed by atoms with E-state index in [0.29, 0.717) is 5.92 Å². The number of hydrogen-bond donors (Lipinski definition) is 2. The number of hydrazone groups is 1. The summed E-state index contributed by atoms with van der Waals surface area (Å²) in [6, 6.07) is 6.42. The molecular formula is C15H22N4S. The number of nitrogens with zero attached hydrogens (tertiary/aromatic N) is 2. The number of rotatable bonds is 2. The van der Waals surface area contributed by atoms with Crippen LogP contribution in [0.25, 0.3) is 0 Å². The number of fused-ring (bicyclic) bond motifs is 1. The van der Waals surface area contributed by atoms with Crippen molar-refractivity contribution in [1.82, 2.24) is 5.43 Å². The van der Waals surface area contributed by atoms with Crippen molar-refractivity contribution in [3.8, 4) is 0 Å². The Morgan fingerprint density at radius 2 is 2.25 bits per heavy atom. The highest BCUT2D eigenvalue weighted by molar-refractivity contribution is 7.80. The van der Waals surface area contributed by atoms with Crippen molar-refractivity contribution in [3.05, 3.63) is 29.3 Å². The number of benzene rings is 1. The minimum absolute atomic E-state index is 0.175. The van der Waals surface area contributed by atoms with Gasteiger partial charge in [-0.2, -0.15) is 5.10 Å². The van der Waals surface area contributed by atoms with Gasteiger partial charge >= 0.3 is 0 Å². The van der Waals surface area contributed by atoms with Crippen LogP contribution in [0.2, 0.25) is 0 Å². The number of anilines is 1. The number of nitrogens with one attached hydrogen (secondary N) is 1. The first kappa shape index (κ1) is 14.8. The lowest BCUT2D eigenvalue weighted by molar-refractivity contribution is 0.395. The van der Waals surface area contributed by atoms with Gasteiger partial charge in [-0.3, -0.25) is 5.43 Å². The van der Waals surface area contributed by atoms with Crippen LogP contribution in [0.15, 0.2) is 23.3 Å². The lowest BCUT2D eigenvalue weighted by Gasteiger charge is -2.45. The van der Waals surface area contributed by atoms with E-state index in [9.17, 15) is 0 Å². The van der Waals surface area contributed by atoms with Crippen LogP contribution in [-0.4, -0.2) is 23.9 Å². The van der Waals surface area contributed by atoms with E-state index in [2.05, 4.69) is 61.4 Å². The second kappa shape index (κ2) is 5.40. The van der Waals surface area contributed by atoms with E-state index < -0.39 is 0 Å². The Labute approximate surface area is 126 Å². The molecule has 3 N–H and O–H groups in total. The monoisotopic (exact) mass is 290 g/mol. The summed E-state index contributed by atoms with van der Waals surface area (Å²) < 4.78 is 0. The van der Waals surface area contributed by atoms with Gasteiger partial charge in [-0.25, -0.2) is 0 Å². The van der Waals surface area contributed by atoms with Crippen molar-refractivity contribution in [3.63, 3.8) is 0 Å². The first-order valence-corrected chi connectivity index (χ1v) is 7.18. The molecule has 1 aromatic rings. The van der Waals surface area contributed by atoms with Crippen LogP contribution in [-0.2, 0) is 0 Å². The summed E-state index contributed by atoms with van der Waals surface area (Å²) in [5.41, 5.74) is 11.8. The molecule has 1 aromatic carbocycles. The standard InChI is InChI=1S/C15H22N4S/c1-10-8-15(2,3)19(4)13-6-5-11(7-12(10)13)9-17-18-14(16)20/h5-7,9-10H,8H2,1-4H3,(H3,16,18,20)/b17-9-. The third-order valence-electron chi connectivity index (χ3n) is 4.05. The third-order valence-corrected chi connectivity index (χ3v) is 4.14. The molecule has 0 spiro atoms. The number of thiocarbonyl (C=S) groups is 1.